The number of phenols is 1. The van der Waals surface area contributed by atoms with Crippen molar-refractivity contribution in [2.24, 2.45) is 0 Å². The Labute approximate surface area is 106 Å². The average Bonchev–Trinajstić information content (AvgIpc) is 2.78. The highest BCUT2D eigenvalue weighted by Gasteiger charge is 2.27. The fourth-order valence-corrected chi connectivity index (χ4v) is 1.51. The van der Waals surface area contributed by atoms with Gasteiger partial charge in [-0.25, -0.2) is 0 Å². The number of phenolic OH excluding ortho intramolecular Hbond substituents is 1. The molecule has 1 N–H and O–H groups in total. The quantitative estimate of drug-likeness (QED) is 0.931. The number of aryl methyl sites for hydroxylation is 2. The lowest BCUT2D eigenvalue weighted by Crippen LogP contribution is -2.09. The van der Waals surface area contributed by atoms with Crippen LogP contribution in [0.2, 0.25) is 0 Å². The topological polar surface area (TPSA) is 59.2 Å². The molecule has 0 bridgehead atoms. The molecule has 1 heterocycles. The molecule has 1 aromatic heterocycles. The van der Waals surface area contributed by atoms with Crippen LogP contribution < -0.4 is 0 Å². The van der Waals surface area contributed by atoms with Gasteiger partial charge in [-0.2, -0.15) is 18.2 Å². The smallest absolute Gasteiger partial charge is 0.389 e. The third-order valence-electron chi connectivity index (χ3n) is 2.54. The van der Waals surface area contributed by atoms with Gasteiger partial charge in [-0.1, -0.05) is 5.16 Å². The van der Waals surface area contributed by atoms with Crippen LogP contribution in [0.5, 0.6) is 5.75 Å². The summed E-state index contributed by atoms with van der Waals surface area (Å²) in [6, 6.07) is 4.64. The molecular formula is C12H11F3N2O2. The van der Waals surface area contributed by atoms with Crippen molar-refractivity contribution in [2.45, 2.75) is 25.9 Å². The monoisotopic (exact) mass is 272 g/mol. The highest BCUT2D eigenvalue weighted by atomic mass is 19.4. The number of rotatable bonds is 3. The van der Waals surface area contributed by atoms with E-state index in [0.717, 1.165) is 0 Å². The molecule has 0 amide bonds. The van der Waals surface area contributed by atoms with E-state index in [4.69, 9.17) is 4.52 Å². The minimum atomic E-state index is -4.24. The second-order valence-corrected chi connectivity index (χ2v) is 4.13. The number of hydrogen-bond acceptors (Lipinski definition) is 4. The summed E-state index contributed by atoms with van der Waals surface area (Å²) in [5.74, 6) is 0.277. The Morgan fingerprint density at radius 2 is 2.05 bits per heavy atom. The number of benzene rings is 1. The third-order valence-corrected chi connectivity index (χ3v) is 2.54. The molecule has 1 aromatic carbocycles. The van der Waals surface area contributed by atoms with Crippen LogP contribution >= 0.6 is 0 Å². The van der Waals surface area contributed by atoms with Gasteiger partial charge in [0, 0.05) is 12.0 Å². The Hall–Kier alpha value is -2.05. The van der Waals surface area contributed by atoms with Gasteiger partial charge in [0.1, 0.15) is 5.75 Å². The summed E-state index contributed by atoms with van der Waals surface area (Å²) < 4.78 is 41.1. The lowest BCUT2D eigenvalue weighted by atomic mass is 10.1. The maximum Gasteiger partial charge on any atom is 0.389 e. The van der Waals surface area contributed by atoms with Crippen LogP contribution in [0.15, 0.2) is 22.7 Å². The van der Waals surface area contributed by atoms with Crippen LogP contribution in [0, 0.1) is 6.92 Å². The summed E-state index contributed by atoms with van der Waals surface area (Å²) in [6.07, 6.45) is -5.54. The van der Waals surface area contributed by atoms with Crippen LogP contribution in [0.4, 0.5) is 13.2 Å². The van der Waals surface area contributed by atoms with E-state index < -0.39 is 12.6 Å². The number of alkyl halides is 3. The summed E-state index contributed by atoms with van der Waals surface area (Å²) in [7, 11) is 0. The van der Waals surface area contributed by atoms with E-state index in [0.29, 0.717) is 11.1 Å². The predicted molar refractivity (Wildman–Crippen MR) is 60.5 cm³/mol. The standard InChI is InChI=1S/C12H11F3N2O2/c1-7-6-8(2-3-9(7)18)11-16-10(17-19-11)4-5-12(13,14)15/h2-3,6,18H,4-5H2,1H3. The number of aromatic hydroxyl groups is 1. The Morgan fingerprint density at radius 3 is 2.68 bits per heavy atom. The van der Waals surface area contributed by atoms with Crippen LogP contribution in [0.1, 0.15) is 17.8 Å². The third kappa shape index (κ3) is 3.46. The molecule has 7 heteroatoms. The van der Waals surface area contributed by atoms with Gasteiger partial charge in [0.25, 0.3) is 5.89 Å². The molecule has 0 unspecified atom stereocenters. The Morgan fingerprint density at radius 1 is 1.32 bits per heavy atom. The van der Waals surface area contributed by atoms with Gasteiger partial charge in [-0.05, 0) is 30.7 Å². The van der Waals surface area contributed by atoms with E-state index in [9.17, 15) is 18.3 Å². The van der Waals surface area contributed by atoms with Gasteiger partial charge >= 0.3 is 6.18 Å². The van der Waals surface area contributed by atoms with Crippen LogP contribution in [0.25, 0.3) is 11.5 Å². The van der Waals surface area contributed by atoms with Crippen molar-refractivity contribution in [2.75, 3.05) is 0 Å². The molecule has 0 saturated carbocycles. The van der Waals surface area contributed by atoms with Crippen molar-refractivity contribution in [1.29, 1.82) is 0 Å². The fourth-order valence-electron chi connectivity index (χ4n) is 1.51. The second-order valence-electron chi connectivity index (χ2n) is 4.13. The number of hydrogen-bond donors (Lipinski definition) is 1. The minimum Gasteiger partial charge on any atom is -0.508 e. The van der Waals surface area contributed by atoms with Crippen molar-refractivity contribution in [1.82, 2.24) is 10.1 Å². The minimum absolute atomic E-state index is 0.0121. The van der Waals surface area contributed by atoms with Gasteiger partial charge in [-0.3, -0.25) is 0 Å². The van der Waals surface area contributed by atoms with Crippen LogP contribution in [0.3, 0.4) is 0 Å². The summed E-state index contributed by atoms with van der Waals surface area (Å²) in [4.78, 5) is 3.89. The molecule has 2 aromatic rings. The summed E-state index contributed by atoms with van der Waals surface area (Å²) >= 11 is 0. The first-order valence-corrected chi connectivity index (χ1v) is 5.54. The van der Waals surface area contributed by atoms with E-state index >= 15 is 0 Å². The summed E-state index contributed by atoms with van der Waals surface area (Å²) in [6.45, 7) is 1.69. The molecule has 19 heavy (non-hydrogen) atoms. The van der Waals surface area contributed by atoms with Crippen molar-refractivity contribution in [3.8, 4) is 17.2 Å². The lowest BCUT2D eigenvalue weighted by Gasteiger charge is -2.02. The molecule has 0 saturated heterocycles. The van der Waals surface area contributed by atoms with Crippen molar-refractivity contribution in [3.63, 3.8) is 0 Å². The lowest BCUT2D eigenvalue weighted by molar-refractivity contribution is -0.134. The average molecular weight is 272 g/mol. The van der Waals surface area contributed by atoms with Crippen LogP contribution in [-0.4, -0.2) is 21.4 Å². The SMILES string of the molecule is Cc1cc(-c2nc(CCC(F)(F)F)no2)ccc1O. The maximum absolute atomic E-state index is 12.1. The Bertz CT molecular complexity index is 579. The Balaban J connectivity index is 2.14. The highest BCUT2D eigenvalue weighted by Crippen LogP contribution is 2.25. The zero-order valence-corrected chi connectivity index (χ0v) is 10.0. The normalized spacial score (nSPS) is 11.8. The molecule has 0 aliphatic heterocycles. The molecule has 0 fully saturated rings. The number of halogens is 3. The molecule has 0 aliphatic rings. The maximum atomic E-state index is 12.1. The molecule has 0 radical (unpaired) electrons. The van der Waals surface area contributed by atoms with Crippen molar-refractivity contribution < 1.29 is 22.8 Å². The van der Waals surface area contributed by atoms with Gasteiger partial charge < -0.3 is 9.63 Å². The second kappa shape index (κ2) is 4.91. The first kappa shape index (κ1) is 13.4. The van der Waals surface area contributed by atoms with Gasteiger partial charge in [-0.15, -0.1) is 0 Å². The summed E-state index contributed by atoms with van der Waals surface area (Å²) in [5.41, 5.74) is 1.17. The molecule has 0 aliphatic carbocycles. The predicted octanol–water partition coefficient (Wildman–Crippen LogP) is 3.25. The van der Waals surface area contributed by atoms with E-state index in [1.165, 1.54) is 6.07 Å². The zero-order valence-electron chi connectivity index (χ0n) is 10.0. The fraction of sp³-hybridized carbons (Fsp3) is 0.333. The Kier molecular flexibility index (Phi) is 3.46. The molecular weight excluding hydrogens is 261 g/mol. The molecule has 0 spiro atoms. The molecule has 0 atom stereocenters. The zero-order chi connectivity index (χ0) is 14.0. The first-order chi connectivity index (χ1) is 8.85. The highest BCUT2D eigenvalue weighted by molar-refractivity contribution is 5.56. The van der Waals surface area contributed by atoms with Crippen molar-refractivity contribution in [3.05, 3.63) is 29.6 Å². The first-order valence-electron chi connectivity index (χ1n) is 5.54. The van der Waals surface area contributed by atoms with E-state index in [1.54, 1.807) is 19.1 Å². The molecule has 102 valence electrons. The molecule has 2 rings (SSSR count). The van der Waals surface area contributed by atoms with Crippen molar-refractivity contribution >= 4 is 0 Å². The number of aromatic nitrogens is 2. The largest absolute Gasteiger partial charge is 0.508 e. The summed E-state index contributed by atoms with van der Waals surface area (Å²) in [5, 5.41) is 12.9. The van der Waals surface area contributed by atoms with Gasteiger partial charge in [0.05, 0.1) is 6.42 Å². The molecule has 4 nitrogen and oxygen atoms in total. The van der Waals surface area contributed by atoms with E-state index in [1.807, 2.05) is 0 Å². The van der Waals surface area contributed by atoms with Gasteiger partial charge in [0.15, 0.2) is 5.82 Å². The number of nitrogens with zero attached hydrogens (tertiary/aromatic N) is 2. The van der Waals surface area contributed by atoms with Crippen LogP contribution in [-0.2, 0) is 6.42 Å². The van der Waals surface area contributed by atoms with E-state index in [-0.39, 0.29) is 23.9 Å². The van der Waals surface area contributed by atoms with Gasteiger partial charge in [0.2, 0.25) is 0 Å². The van der Waals surface area contributed by atoms with E-state index in [2.05, 4.69) is 10.1 Å².